The Kier molecular flexibility index (Phi) is 5.87. The molecule has 0 aliphatic rings. The normalized spacial score (nSPS) is 11.3. The van der Waals surface area contributed by atoms with Gasteiger partial charge in [0.25, 0.3) is 0 Å². The van der Waals surface area contributed by atoms with Crippen molar-refractivity contribution in [1.82, 2.24) is 5.32 Å². The molecule has 1 aromatic rings. The molecule has 0 aliphatic carbocycles. The van der Waals surface area contributed by atoms with E-state index in [-0.39, 0.29) is 0 Å². The van der Waals surface area contributed by atoms with E-state index in [1.54, 1.807) is 0 Å². The molecule has 1 aromatic heterocycles. The molecule has 0 aromatic carbocycles. The van der Waals surface area contributed by atoms with Crippen LogP contribution < -0.4 is 5.32 Å². The minimum Gasteiger partial charge on any atom is -0.312 e. The van der Waals surface area contributed by atoms with E-state index < -0.39 is 0 Å². The van der Waals surface area contributed by atoms with Crippen LogP contribution >= 0.6 is 27.3 Å². The predicted octanol–water partition coefficient (Wildman–Crippen LogP) is 4.34. The average molecular weight is 290 g/mol. The standard InChI is InChI=1S/C12H20BrNS/c1-4-10(5-2)7-14-8-11-6-12(13)9(3)15-11/h6,10,14H,4-5,7-8H2,1-3H3. The number of hydrogen-bond acceptors (Lipinski definition) is 2. The van der Waals surface area contributed by atoms with Gasteiger partial charge in [-0.3, -0.25) is 0 Å². The second-order valence-corrected chi connectivity index (χ2v) is 6.13. The fourth-order valence-corrected chi connectivity index (χ4v) is 3.15. The number of thiophene rings is 1. The van der Waals surface area contributed by atoms with Gasteiger partial charge < -0.3 is 5.32 Å². The summed E-state index contributed by atoms with van der Waals surface area (Å²) in [7, 11) is 0. The Morgan fingerprint density at radius 3 is 2.53 bits per heavy atom. The van der Waals surface area contributed by atoms with Gasteiger partial charge in [0.1, 0.15) is 0 Å². The number of aryl methyl sites for hydroxylation is 1. The highest BCUT2D eigenvalue weighted by Gasteiger charge is 2.05. The van der Waals surface area contributed by atoms with E-state index in [2.05, 4.69) is 48.1 Å². The number of halogens is 1. The second kappa shape index (κ2) is 6.66. The van der Waals surface area contributed by atoms with Crippen LogP contribution in [0.3, 0.4) is 0 Å². The van der Waals surface area contributed by atoms with Crippen molar-refractivity contribution in [3.05, 3.63) is 20.3 Å². The molecule has 15 heavy (non-hydrogen) atoms. The van der Waals surface area contributed by atoms with Gasteiger partial charge in [-0.25, -0.2) is 0 Å². The third-order valence-corrected chi connectivity index (χ3v) is 4.93. The van der Waals surface area contributed by atoms with Crippen molar-refractivity contribution in [2.45, 2.75) is 40.2 Å². The first-order valence-corrected chi connectivity index (χ1v) is 7.23. The van der Waals surface area contributed by atoms with Gasteiger partial charge in [-0.05, 0) is 41.4 Å². The van der Waals surface area contributed by atoms with E-state index in [1.165, 1.54) is 27.1 Å². The number of nitrogens with one attached hydrogen (secondary N) is 1. The Bertz CT molecular complexity index is 272. The lowest BCUT2D eigenvalue weighted by Gasteiger charge is -2.12. The molecule has 0 saturated carbocycles. The zero-order chi connectivity index (χ0) is 11.3. The van der Waals surface area contributed by atoms with E-state index in [0.717, 1.165) is 19.0 Å². The van der Waals surface area contributed by atoms with Crippen molar-refractivity contribution in [3.63, 3.8) is 0 Å². The van der Waals surface area contributed by atoms with Crippen LogP contribution in [0.2, 0.25) is 0 Å². The van der Waals surface area contributed by atoms with Crippen molar-refractivity contribution in [3.8, 4) is 0 Å². The SMILES string of the molecule is CCC(CC)CNCc1cc(Br)c(C)s1. The van der Waals surface area contributed by atoms with Crippen LogP contribution in [-0.2, 0) is 6.54 Å². The van der Waals surface area contributed by atoms with Gasteiger partial charge in [0.2, 0.25) is 0 Å². The van der Waals surface area contributed by atoms with Crippen molar-refractivity contribution < 1.29 is 0 Å². The maximum absolute atomic E-state index is 3.55. The summed E-state index contributed by atoms with van der Waals surface area (Å²) in [6.07, 6.45) is 2.55. The molecule has 0 atom stereocenters. The number of hydrogen-bond donors (Lipinski definition) is 1. The van der Waals surface area contributed by atoms with Crippen molar-refractivity contribution in [2.75, 3.05) is 6.54 Å². The molecule has 0 aliphatic heterocycles. The lowest BCUT2D eigenvalue weighted by molar-refractivity contribution is 0.450. The summed E-state index contributed by atoms with van der Waals surface area (Å²) in [4.78, 5) is 2.79. The average Bonchev–Trinajstić information content (AvgIpc) is 2.53. The molecule has 1 heterocycles. The topological polar surface area (TPSA) is 12.0 Å². The van der Waals surface area contributed by atoms with E-state index in [0.29, 0.717) is 0 Å². The monoisotopic (exact) mass is 289 g/mol. The van der Waals surface area contributed by atoms with Gasteiger partial charge in [-0.2, -0.15) is 0 Å². The van der Waals surface area contributed by atoms with E-state index in [4.69, 9.17) is 0 Å². The molecule has 1 nitrogen and oxygen atoms in total. The summed E-state index contributed by atoms with van der Waals surface area (Å²) >= 11 is 5.42. The highest BCUT2D eigenvalue weighted by Crippen LogP contribution is 2.26. The highest BCUT2D eigenvalue weighted by molar-refractivity contribution is 9.10. The minimum atomic E-state index is 0.828. The predicted molar refractivity (Wildman–Crippen MR) is 72.5 cm³/mol. The Morgan fingerprint density at radius 1 is 1.40 bits per heavy atom. The lowest BCUT2D eigenvalue weighted by Crippen LogP contribution is -2.21. The molecule has 0 saturated heterocycles. The summed E-state index contributed by atoms with van der Waals surface area (Å²) in [5.41, 5.74) is 0. The van der Waals surface area contributed by atoms with Crippen molar-refractivity contribution >= 4 is 27.3 Å². The van der Waals surface area contributed by atoms with Gasteiger partial charge in [0, 0.05) is 20.8 Å². The van der Waals surface area contributed by atoms with Crippen LogP contribution in [0.1, 0.15) is 36.4 Å². The third-order valence-electron chi connectivity index (χ3n) is 2.80. The summed E-state index contributed by atoms with van der Waals surface area (Å²) in [6.45, 7) is 8.83. The Hall–Kier alpha value is 0.140. The molecular formula is C12H20BrNS. The molecule has 0 unspecified atom stereocenters. The Labute approximate surface area is 105 Å². The molecule has 0 spiro atoms. The quantitative estimate of drug-likeness (QED) is 0.821. The van der Waals surface area contributed by atoms with Gasteiger partial charge in [0.05, 0.1) is 0 Å². The van der Waals surface area contributed by atoms with Crippen LogP contribution in [0.15, 0.2) is 10.5 Å². The van der Waals surface area contributed by atoms with E-state index >= 15 is 0 Å². The molecule has 3 heteroatoms. The van der Waals surface area contributed by atoms with Crippen LogP contribution in [0.4, 0.5) is 0 Å². The zero-order valence-corrected chi connectivity index (χ0v) is 12.2. The highest BCUT2D eigenvalue weighted by atomic mass is 79.9. The first kappa shape index (κ1) is 13.2. The van der Waals surface area contributed by atoms with E-state index in [9.17, 15) is 0 Å². The van der Waals surface area contributed by atoms with Crippen LogP contribution in [-0.4, -0.2) is 6.54 Å². The minimum absolute atomic E-state index is 0.828. The Balaban J connectivity index is 2.31. The van der Waals surface area contributed by atoms with E-state index in [1.807, 2.05) is 11.3 Å². The number of rotatable bonds is 6. The van der Waals surface area contributed by atoms with Gasteiger partial charge >= 0.3 is 0 Å². The summed E-state index contributed by atoms with van der Waals surface area (Å²) in [6, 6.07) is 2.22. The van der Waals surface area contributed by atoms with Gasteiger partial charge in [-0.15, -0.1) is 11.3 Å². The molecule has 1 N–H and O–H groups in total. The first-order chi connectivity index (χ1) is 7.17. The maximum atomic E-state index is 3.55. The largest absolute Gasteiger partial charge is 0.312 e. The smallest absolute Gasteiger partial charge is 0.0314 e. The van der Waals surface area contributed by atoms with Crippen molar-refractivity contribution in [2.24, 2.45) is 5.92 Å². The summed E-state index contributed by atoms with van der Waals surface area (Å²) in [5.74, 6) is 0.828. The zero-order valence-electron chi connectivity index (χ0n) is 9.77. The van der Waals surface area contributed by atoms with Gasteiger partial charge in [0.15, 0.2) is 0 Å². The van der Waals surface area contributed by atoms with Crippen LogP contribution in [0.5, 0.6) is 0 Å². The maximum Gasteiger partial charge on any atom is 0.0314 e. The third kappa shape index (κ3) is 4.25. The van der Waals surface area contributed by atoms with Crippen molar-refractivity contribution in [1.29, 1.82) is 0 Å². The summed E-state index contributed by atoms with van der Waals surface area (Å²) < 4.78 is 1.24. The van der Waals surface area contributed by atoms with Crippen LogP contribution in [0.25, 0.3) is 0 Å². The lowest BCUT2D eigenvalue weighted by atomic mass is 10.0. The fraction of sp³-hybridized carbons (Fsp3) is 0.667. The fourth-order valence-electron chi connectivity index (χ4n) is 1.58. The van der Waals surface area contributed by atoms with Gasteiger partial charge in [-0.1, -0.05) is 26.7 Å². The first-order valence-electron chi connectivity index (χ1n) is 5.62. The molecule has 86 valence electrons. The molecular weight excluding hydrogens is 270 g/mol. The Morgan fingerprint density at radius 2 is 2.07 bits per heavy atom. The molecule has 0 amide bonds. The van der Waals surface area contributed by atoms with Crippen LogP contribution in [0, 0.1) is 12.8 Å². The molecule has 0 fully saturated rings. The second-order valence-electron chi connectivity index (χ2n) is 3.93. The molecule has 0 bridgehead atoms. The summed E-state index contributed by atoms with van der Waals surface area (Å²) in [5, 5.41) is 3.53. The molecule has 1 rings (SSSR count). The molecule has 0 radical (unpaired) electrons.